The third-order valence-electron chi connectivity index (χ3n) is 8.02. The van der Waals surface area contributed by atoms with Crippen molar-refractivity contribution < 1.29 is 19.2 Å². The molecule has 4 saturated carbocycles. The Labute approximate surface area is 202 Å². The summed E-state index contributed by atoms with van der Waals surface area (Å²) in [6.45, 7) is 5.61. The lowest BCUT2D eigenvalue weighted by Gasteiger charge is -2.56. The van der Waals surface area contributed by atoms with Gasteiger partial charge in [-0.1, -0.05) is 6.07 Å². The summed E-state index contributed by atoms with van der Waals surface area (Å²) in [4.78, 5) is 31.8. The number of nitrogens with one attached hydrogen (secondary N) is 2. The number of urea groups is 1. The molecule has 2 N–H and O–H groups in total. The number of hydroxylamine groups is 2. The number of benzene rings is 1. The van der Waals surface area contributed by atoms with Crippen LogP contribution in [0.5, 0.6) is 5.75 Å². The zero-order chi connectivity index (χ0) is 23.5. The smallest absolute Gasteiger partial charge is 0.319 e. The quantitative estimate of drug-likeness (QED) is 0.567. The first kappa shape index (κ1) is 23.4. The fourth-order valence-corrected chi connectivity index (χ4v) is 6.91. The number of ether oxygens (including phenoxy) is 1. The molecule has 0 radical (unpaired) electrons. The number of rotatable bonds is 8. The van der Waals surface area contributed by atoms with Crippen molar-refractivity contribution in [2.24, 2.45) is 17.8 Å². The molecule has 4 bridgehead atoms. The van der Waals surface area contributed by atoms with E-state index in [0.717, 1.165) is 68.0 Å². The molecule has 1 aromatic carbocycles. The largest absolute Gasteiger partial charge is 0.493 e. The van der Waals surface area contributed by atoms with Crippen LogP contribution in [0, 0.1) is 17.8 Å². The first-order valence-corrected chi connectivity index (χ1v) is 12.9. The van der Waals surface area contributed by atoms with Crippen LogP contribution in [0.4, 0.5) is 10.5 Å². The van der Waals surface area contributed by atoms with Crippen LogP contribution in [-0.2, 0) is 9.63 Å². The molecule has 0 aromatic heterocycles. The number of carbonyl (C=O) groups excluding carboxylic acids is 2. The summed E-state index contributed by atoms with van der Waals surface area (Å²) >= 11 is 0. The predicted octanol–water partition coefficient (Wildman–Crippen LogP) is 3.64. The summed E-state index contributed by atoms with van der Waals surface area (Å²) in [5.74, 6) is 3.27. The van der Waals surface area contributed by atoms with Gasteiger partial charge in [0.25, 0.3) is 0 Å². The molecule has 8 nitrogen and oxygen atoms in total. The lowest BCUT2D eigenvalue weighted by atomic mass is 9.53. The molecule has 0 atom stereocenters. The Morgan fingerprint density at radius 3 is 2.32 bits per heavy atom. The second-order valence-corrected chi connectivity index (χ2v) is 10.8. The van der Waals surface area contributed by atoms with E-state index in [2.05, 4.69) is 10.6 Å². The van der Waals surface area contributed by atoms with Gasteiger partial charge in [0.05, 0.1) is 13.2 Å². The zero-order valence-corrected chi connectivity index (χ0v) is 20.3. The van der Waals surface area contributed by atoms with Gasteiger partial charge in [-0.2, -0.15) is 5.06 Å². The molecule has 34 heavy (non-hydrogen) atoms. The summed E-state index contributed by atoms with van der Waals surface area (Å²) in [5, 5.41) is 8.31. The number of hydrogen-bond acceptors (Lipinski definition) is 5. The molecule has 186 valence electrons. The van der Waals surface area contributed by atoms with Crippen LogP contribution in [0.3, 0.4) is 0 Å². The Kier molecular flexibility index (Phi) is 6.97. The molecule has 0 unspecified atom stereocenters. The number of hydrogen-bond donors (Lipinski definition) is 2. The summed E-state index contributed by atoms with van der Waals surface area (Å²) < 4.78 is 5.88. The van der Waals surface area contributed by atoms with E-state index in [-0.39, 0.29) is 17.5 Å². The minimum atomic E-state index is -0.0997. The molecule has 4 aliphatic carbocycles. The number of nitrogens with zero attached hydrogens (tertiary/aromatic N) is 2. The lowest BCUT2D eigenvalue weighted by Crippen LogP contribution is -2.60. The molecule has 1 aliphatic heterocycles. The van der Waals surface area contributed by atoms with Gasteiger partial charge >= 0.3 is 6.03 Å². The van der Waals surface area contributed by atoms with Crippen molar-refractivity contribution in [3.05, 3.63) is 24.3 Å². The van der Waals surface area contributed by atoms with E-state index in [1.165, 1.54) is 19.3 Å². The van der Waals surface area contributed by atoms with E-state index in [9.17, 15) is 9.59 Å². The Balaban J connectivity index is 1.02. The highest BCUT2D eigenvalue weighted by molar-refractivity contribution is 5.90. The van der Waals surface area contributed by atoms with E-state index in [1.807, 2.05) is 34.2 Å². The molecule has 6 rings (SSSR count). The SMILES string of the molecule is CC(=O)N1CCN(OCCCOc2cccc(NC(=O)NC34CC5CC(CC(C5)C3)C4)c2)CC1. The van der Waals surface area contributed by atoms with Crippen LogP contribution >= 0.6 is 0 Å². The van der Waals surface area contributed by atoms with E-state index < -0.39 is 0 Å². The van der Waals surface area contributed by atoms with Gasteiger partial charge in [-0.05, 0) is 68.4 Å². The minimum Gasteiger partial charge on any atom is -0.493 e. The van der Waals surface area contributed by atoms with Crippen LogP contribution in [0.25, 0.3) is 0 Å². The van der Waals surface area contributed by atoms with Crippen molar-refractivity contribution >= 4 is 17.6 Å². The van der Waals surface area contributed by atoms with Gasteiger partial charge in [0.15, 0.2) is 0 Å². The van der Waals surface area contributed by atoms with Gasteiger partial charge in [0.1, 0.15) is 5.75 Å². The van der Waals surface area contributed by atoms with Crippen LogP contribution in [0.2, 0.25) is 0 Å². The van der Waals surface area contributed by atoms with Crippen molar-refractivity contribution in [1.82, 2.24) is 15.3 Å². The average Bonchev–Trinajstić information content (AvgIpc) is 2.78. The minimum absolute atomic E-state index is 0.00561. The van der Waals surface area contributed by atoms with Crippen LogP contribution in [-0.4, -0.2) is 66.8 Å². The first-order chi connectivity index (χ1) is 16.5. The third kappa shape index (κ3) is 5.66. The molecule has 1 aromatic rings. The fourth-order valence-electron chi connectivity index (χ4n) is 6.91. The van der Waals surface area contributed by atoms with E-state index in [4.69, 9.17) is 9.57 Å². The van der Waals surface area contributed by atoms with E-state index in [0.29, 0.717) is 26.3 Å². The maximum absolute atomic E-state index is 12.8. The summed E-state index contributed by atoms with van der Waals surface area (Å²) in [6.07, 6.45) is 8.28. The number of anilines is 1. The molecular formula is C26H38N4O4. The topological polar surface area (TPSA) is 83.1 Å². The molecule has 5 fully saturated rings. The van der Waals surface area contributed by atoms with Crippen molar-refractivity contribution in [2.75, 3.05) is 44.7 Å². The van der Waals surface area contributed by atoms with Crippen LogP contribution in [0.15, 0.2) is 24.3 Å². The molecule has 0 spiro atoms. The molecular weight excluding hydrogens is 432 g/mol. The Morgan fingerprint density at radius 1 is 1.00 bits per heavy atom. The molecule has 1 heterocycles. The molecule has 1 saturated heterocycles. The van der Waals surface area contributed by atoms with Crippen LogP contribution < -0.4 is 15.4 Å². The zero-order valence-electron chi connectivity index (χ0n) is 20.3. The summed E-state index contributed by atoms with van der Waals surface area (Å²) in [5.41, 5.74) is 0.755. The van der Waals surface area contributed by atoms with Crippen molar-refractivity contribution in [1.29, 1.82) is 0 Å². The second kappa shape index (κ2) is 10.1. The average molecular weight is 471 g/mol. The fraction of sp³-hybridized carbons (Fsp3) is 0.692. The standard InChI is InChI=1S/C26H38N4O4/c1-19(31)29-6-8-30(9-7-29)34-11-3-10-33-24-5-2-4-23(15-24)27-25(32)28-26-16-20-12-21(17-26)14-22(13-20)18-26/h2,4-5,15,20-22H,3,6-14,16-18H2,1H3,(H2,27,28,32). The van der Waals surface area contributed by atoms with Gasteiger partial charge in [0.2, 0.25) is 5.91 Å². The monoisotopic (exact) mass is 470 g/mol. The lowest BCUT2D eigenvalue weighted by molar-refractivity contribution is -0.180. The van der Waals surface area contributed by atoms with Gasteiger partial charge in [-0.25, -0.2) is 4.79 Å². The second-order valence-electron chi connectivity index (χ2n) is 10.8. The van der Waals surface area contributed by atoms with Gasteiger partial charge < -0.3 is 20.3 Å². The van der Waals surface area contributed by atoms with Crippen molar-refractivity contribution in [3.63, 3.8) is 0 Å². The Hall–Kier alpha value is -2.32. The van der Waals surface area contributed by atoms with E-state index >= 15 is 0 Å². The van der Waals surface area contributed by atoms with E-state index in [1.54, 1.807) is 6.92 Å². The highest BCUT2D eigenvalue weighted by Crippen LogP contribution is 2.55. The maximum atomic E-state index is 12.8. The highest BCUT2D eigenvalue weighted by atomic mass is 16.7. The number of carbonyl (C=O) groups is 2. The predicted molar refractivity (Wildman–Crippen MR) is 129 cm³/mol. The van der Waals surface area contributed by atoms with Gasteiger partial charge in [-0.3, -0.25) is 9.63 Å². The molecule has 3 amide bonds. The Bertz CT molecular complexity index is 848. The summed E-state index contributed by atoms with van der Waals surface area (Å²) in [7, 11) is 0. The number of piperazine rings is 1. The maximum Gasteiger partial charge on any atom is 0.319 e. The van der Waals surface area contributed by atoms with Gasteiger partial charge in [0, 0.05) is 56.8 Å². The normalized spacial score (nSPS) is 30.3. The Morgan fingerprint density at radius 2 is 1.68 bits per heavy atom. The molecule has 5 aliphatic rings. The highest BCUT2D eigenvalue weighted by Gasteiger charge is 2.51. The van der Waals surface area contributed by atoms with Crippen molar-refractivity contribution in [2.45, 2.75) is 57.4 Å². The number of amides is 3. The van der Waals surface area contributed by atoms with Gasteiger partial charge in [-0.15, -0.1) is 0 Å². The first-order valence-electron chi connectivity index (χ1n) is 12.9. The van der Waals surface area contributed by atoms with Crippen LogP contribution in [0.1, 0.15) is 51.9 Å². The van der Waals surface area contributed by atoms with Crippen molar-refractivity contribution in [3.8, 4) is 5.75 Å². The summed E-state index contributed by atoms with van der Waals surface area (Å²) in [6, 6.07) is 7.49. The third-order valence-corrected chi connectivity index (χ3v) is 8.02. The molecule has 8 heteroatoms.